The summed E-state index contributed by atoms with van der Waals surface area (Å²) in [5, 5.41) is 4.08. The molecule has 106 valence electrons. The molecule has 0 aromatic carbocycles. The molecule has 0 spiro atoms. The molecule has 0 amide bonds. The summed E-state index contributed by atoms with van der Waals surface area (Å²) >= 11 is 3.44. The number of rotatable bonds is 2. The van der Waals surface area contributed by atoms with E-state index in [1.54, 1.807) is 6.20 Å². The molecular formula is C14H17BrN4O. The van der Waals surface area contributed by atoms with Gasteiger partial charge in [-0.1, -0.05) is 12.1 Å². The van der Waals surface area contributed by atoms with Crippen LogP contribution in [-0.4, -0.2) is 15.1 Å². The first-order chi connectivity index (χ1) is 9.58. The molecule has 2 N–H and O–H groups in total. The average molecular weight is 337 g/mol. The van der Waals surface area contributed by atoms with Crippen molar-refractivity contribution in [3.05, 3.63) is 28.6 Å². The Hall–Kier alpha value is -1.27. The molecule has 1 aliphatic rings. The highest BCUT2D eigenvalue weighted by atomic mass is 79.9. The Balaban J connectivity index is 1.89. The van der Waals surface area contributed by atoms with E-state index in [0.717, 1.165) is 36.1 Å². The zero-order chi connectivity index (χ0) is 14.2. The van der Waals surface area contributed by atoms with Gasteiger partial charge in [-0.15, -0.1) is 0 Å². The monoisotopic (exact) mass is 336 g/mol. The first kappa shape index (κ1) is 13.7. The summed E-state index contributed by atoms with van der Waals surface area (Å²) in [4.78, 5) is 8.72. The van der Waals surface area contributed by atoms with E-state index in [1.807, 2.05) is 12.1 Å². The van der Waals surface area contributed by atoms with Crippen LogP contribution in [0.1, 0.15) is 38.4 Å². The molecule has 0 atom stereocenters. The third-order valence-electron chi connectivity index (χ3n) is 4.00. The summed E-state index contributed by atoms with van der Waals surface area (Å²) in [6, 6.07) is 3.74. The summed E-state index contributed by atoms with van der Waals surface area (Å²) in [7, 11) is 0. The van der Waals surface area contributed by atoms with Crippen molar-refractivity contribution < 1.29 is 4.52 Å². The maximum absolute atomic E-state index is 6.45. The van der Waals surface area contributed by atoms with Gasteiger partial charge in [-0.25, -0.2) is 4.98 Å². The third-order valence-corrected chi connectivity index (χ3v) is 4.64. The van der Waals surface area contributed by atoms with Crippen LogP contribution in [-0.2, 0) is 5.54 Å². The second-order valence-electron chi connectivity index (χ2n) is 5.60. The zero-order valence-electron chi connectivity index (χ0n) is 11.3. The predicted molar refractivity (Wildman–Crippen MR) is 78.7 cm³/mol. The van der Waals surface area contributed by atoms with Gasteiger partial charge in [0.05, 0.1) is 5.54 Å². The summed E-state index contributed by atoms with van der Waals surface area (Å²) in [6.07, 6.45) is 5.71. The van der Waals surface area contributed by atoms with Crippen molar-refractivity contribution in [1.82, 2.24) is 15.1 Å². The lowest BCUT2D eigenvalue weighted by atomic mass is 9.77. The summed E-state index contributed by atoms with van der Waals surface area (Å²) < 4.78 is 6.18. The van der Waals surface area contributed by atoms with Gasteiger partial charge in [-0.2, -0.15) is 4.98 Å². The molecular weight excluding hydrogens is 320 g/mol. The average Bonchev–Trinajstić information content (AvgIpc) is 2.93. The quantitative estimate of drug-likeness (QED) is 0.910. The molecule has 5 nitrogen and oxygen atoms in total. The first-order valence-corrected chi connectivity index (χ1v) is 7.62. The van der Waals surface area contributed by atoms with Crippen molar-refractivity contribution >= 4 is 15.9 Å². The van der Waals surface area contributed by atoms with Crippen LogP contribution in [0.25, 0.3) is 11.6 Å². The maximum atomic E-state index is 6.45. The van der Waals surface area contributed by atoms with Gasteiger partial charge in [-0.05, 0) is 59.7 Å². The normalized spacial score (nSPS) is 26.6. The van der Waals surface area contributed by atoms with Crippen LogP contribution in [0.5, 0.6) is 0 Å². The highest BCUT2D eigenvalue weighted by Crippen LogP contribution is 2.36. The molecule has 0 bridgehead atoms. The van der Waals surface area contributed by atoms with Crippen molar-refractivity contribution in [2.75, 3.05) is 0 Å². The Bertz CT molecular complexity index is 605. The molecule has 20 heavy (non-hydrogen) atoms. The fourth-order valence-corrected chi connectivity index (χ4v) is 2.99. The SMILES string of the molecule is CC1CCC(N)(c2noc(-c3ncccc3Br)n2)CC1. The van der Waals surface area contributed by atoms with Crippen LogP contribution in [0.15, 0.2) is 27.3 Å². The fourth-order valence-electron chi connectivity index (χ4n) is 2.57. The lowest BCUT2D eigenvalue weighted by Gasteiger charge is -2.33. The molecule has 3 rings (SSSR count). The van der Waals surface area contributed by atoms with Crippen molar-refractivity contribution in [3.8, 4) is 11.6 Å². The molecule has 2 heterocycles. The molecule has 1 aliphatic carbocycles. The molecule has 2 aromatic heterocycles. The minimum Gasteiger partial charge on any atom is -0.332 e. The van der Waals surface area contributed by atoms with E-state index < -0.39 is 5.54 Å². The summed E-state index contributed by atoms with van der Waals surface area (Å²) in [5.74, 6) is 1.73. The van der Waals surface area contributed by atoms with E-state index in [4.69, 9.17) is 10.3 Å². The molecule has 6 heteroatoms. The molecule has 0 aliphatic heterocycles. The Labute approximate surface area is 126 Å². The smallest absolute Gasteiger partial charge is 0.277 e. The second-order valence-corrected chi connectivity index (χ2v) is 6.45. The number of nitrogens with two attached hydrogens (primary N) is 1. The lowest BCUT2D eigenvalue weighted by Crippen LogP contribution is -2.41. The van der Waals surface area contributed by atoms with Gasteiger partial charge in [0, 0.05) is 10.7 Å². The van der Waals surface area contributed by atoms with Gasteiger partial charge >= 0.3 is 0 Å². The van der Waals surface area contributed by atoms with Crippen molar-refractivity contribution in [2.24, 2.45) is 11.7 Å². The first-order valence-electron chi connectivity index (χ1n) is 6.82. The highest BCUT2D eigenvalue weighted by Gasteiger charge is 2.36. The van der Waals surface area contributed by atoms with E-state index in [-0.39, 0.29) is 0 Å². The molecule has 0 radical (unpaired) electrons. The Morgan fingerprint density at radius 3 is 2.85 bits per heavy atom. The van der Waals surface area contributed by atoms with Crippen LogP contribution in [0, 0.1) is 5.92 Å². The van der Waals surface area contributed by atoms with Crippen LogP contribution in [0.4, 0.5) is 0 Å². The van der Waals surface area contributed by atoms with Gasteiger partial charge in [0.25, 0.3) is 5.89 Å². The van der Waals surface area contributed by atoms with Crippen molar-refractivity contribution in [3.63, 3.8) is 0 Å². The van der Waals surface area contributed by atoms with Crippen LogP contribution in [0.2, 0.25) is 0 Å². The van der Waals surface area contributed by atoms with Crippen molar-refractivity contribution in [2.45, 2.75) is 38.1 Å². The lowest BCUT2D eigenvalue weighted by molar-refractivity contribution is 0.230. The minimum absolute atomic E-state index is 0.413. The molecule has 1 fully saturated rings. The second kappa shape index (κ2) is 5.26. The Morgan fingerprint density at radius 1 is 1.40 bits per heavy atom. The number of hydrogen-bond acceptors (Lipinski definition) is 5. The number of pyridine rings is 1. The van der Waals surface area contributed by atoms with E-state index in [1.165, 1.54) is 0 Å². The zero-order valence-corrected chi connectivity index (χ0v) is 12.9. The number of halogens is 1. The minimum atomic E-state index is -0.463. The van der Waals surface area contributed by atoms with E-state index in [2.05, 4.69) is 38.0 Å². The summed E-state index contributed by atoms with van der Waals surface area (Å²) in [5.41, 5.74) is 6.64. The highest BCUT2D eigenvalue weighted by molar-refractivity contribution is 9.10. The maximum Gasteiger partial charge on any atom is 0.277 e. The van der Waals surface area contributed by atoms with Gasteiger partial charge in [-0.3, -0.25) is 0 Å². The third kappa shape index (κ3) is 2.50. The standard InChI is InChI=1S/C14H17BrN4O/c1-9-4-6-14(16,7-5-9)13-18-12(20-19-13)11-10(15)3-2-8-17-11/h2-3,8-9H,4-7,16H2,1H3. The number of nitrogens with zero attached hydrogens (tertiary/aromatic N) is 3. The number of aromatic nitrogens is 3. The van der Waals surface area contributed by atoms with E-state index >= 15 is 0 Å². The van der Waals surface area contributed by atoms with E-state index in [0.29, 0.717) is 17.4 Å². The van der Waals surface area contributed by atoms with Crippen LogP contribution in [0.3, 0.4) is 0 Å². The van der Waals surface area contributed by atoms with Crippen molar-refractivity contribution in [1.29, 1.82) is 0 Å². The molecule has 0 unspecified atom stereocenters. The van der Waals surface area contributed by atoms with Gasteiger partial charge in [0.15, 0.2) is 5.82 Å². The molecule has 1 saturated carbocycles. The van der Waals surface area contributed by atoms with E-state index in [9.17, 15) is 0 Å². The molecule has 0 saturated heterocycles. The van der Waals surface area contributed by atoms with Crippen LogP contribution < -0.4 is 5.73 Å². The van der Waals surface area contributed by atoms with Crippen LogP contribution >= 0.6 is 15.9 Å². The predicted octanol–water partition coefficient (Wildman–Crippen LogP) is 3.26. The summed E-state index contributed by atoms with van der Waals surface area (Å²) in [6.45, 7) is 2.26. The Morgan fingerprint density at radius 2 is 2.15 bits per heavy atom. The topological polar surface area (TPSA) is 77.8 Å². The van der Waals surface area contributed by atoms with Gasteiger partial charge in [0.2, 0.25) is 0 Å². The van der Waals surface area contributed by atoms with Gasteiger partial charge in [0.1, 0.15) is 5.69 Å². The molecule has 2 aromatic rings. The van der Waals surface area contributed by atoms with Gasteiger partial charge < -0.3 is 10.3 Å². The number of hydrogen-bond donors (Lipinski definition) is 1. The fraction of sp³-hybridized carbons (Fsp3) is 0.500. The largest absolute Gasteiger partial charge is 0.332 e. The Kier molecular flexibility index (Phi) is 3.60.